The highest BCUT2D eigenvalue weighted by atomic mass is 16.3. The van der Waals surface area contributed by atoms with Crippen LogP contribution in [0.3, 0.4) is 0 Å². The fourth-order valence-electron chi connectivity index (χ4n) is 1.20. The van der Waals surface area contributed by atoms with Gasteiger partial charge in [0.15, 0.2) is 0 Å². The normalized spacial score (nSPS) is 10.8. The van der Waals surface area contributed by atoms with E-state index in [1.54, 1.807) is 12.1 Å². The summed E-state index contributed by atoms with van der Waals surface area (Å²) in [5, 5.41) is 26.5. The summed E-state index contributed by atoms with van der Waals surface area (Å²) in [4.78, 5) is 0. The Hall–Kier alpha value is -2.36. The molecule has 2 rings (SSSR count). The minimum absolute atomic E-state index is 0.0162. The Kier molecular flexibility index (Phi) is 2.82. The summed E-state index contributed by atoms with van der Waals surface area (Å²) in [5.41, 5.74) is 0.925. The van der Waals surface area contributed by atoms with Crippen molar-refractivity contribution in [1.29, 1.82) is 0 Å². The number of azo groups is 1. The van der Waals surface area contributed by atoms with Gasteiger partial charge in [-0.3, -0.25) is 0 Å². The van der Waals surface area contributed by atoms with E-state index in [9.17, 15) is 10.2 Å². The first kappa shape index (κ1) is 10.2. The third-order valence-electron chi connectivity index (χ3n) is 1.99. The molecule has 2 aromatic carbocycles. The fourth-order valence-corrected chi connectivity index (χ4v) is 1.20. The van der Waals surface area contributed by atoms with Gasteiger partial charge in [-0.25, -0.2) is 0 Å². The molecule has 0 aliphatic heterocycles. The number of hydrogen-bond donors (Lipinski definition) is 2. The summed E-state index contributed by atoms with van der Waals surface area (Å²) in [6.07, 6.45) is 0. The van der Waals surface area contributed by atoms with Gasteiger partial charge in [0, 0.05) is 6.07 Å². The highest BCUT2D eigenvalue weighted by Crippen LogP contribution is 2.31. The molecule has 0 radical (unpaired) electrons. The van der Waals surface area contributed by atoms with Gasteiger partial charge in [-0.1, -0.05) is 18.2 Å². The smallest absolute Gasteiger partial charge is 0.143 e. The van der Waals surface area contributed by atoms with Gasteiger partial charge in [0.25, 0.3) is 0 Å². The van der Waals surface area contributed by atoms with Crippen molar-refractivity contribution in [2.75, 3.05) is 0 Å². The van der Waals surface area contributed by atoms with Crippen LogP contribution in [0.15, 0.2) is 58.8 Å². The van der Waals surface area contributed by atoms with Gasteiger partial charge in [-0.2, -0.15) is 5.11 Å². The average Bonchev–Trinajstić information content (AvgIpc) is 2.32. The molecule has 0 atom stereocenters. The van der Waals surface area contributed by atoms with Crippen LogP contribution < -0.4 is 0 Å². The Labute approximate surface area is 92.5 Å². The van der Waals surface area contributed by atoms with E-state index in [-0.39, 0.29) is 17.2 Å². The molecular weight excluding hydrogens is 204 g/mol. The highest BCUT2D eigenvalue weighted by molar-refractivity contribution is 5.54. The van der Waals surface area contributed by atoms with Crippen molar-refractivity contribution in [2.45, 2.75) is 0 Å². The van der Waals surface area contributed by atoms with Crippen LogP contribution in [0.5, 0.6) is 11.5 Å². The Bertz CT molecular complexity index is 510. The molecular formula is C12H10N2O2. The van der Waals surface area contributed by atoms with Crippen molar-refractivity contribution in [3.05, 3.63) is 48.5 Å². The molecule has 2 N–H and O–H groups in total. The Morgan fingerprint density at radius 2 is 1.56 bits per heavy atom. The predicted octanol–water partition coefficient (Wildman–Crippen LogP) is 3.51. The first-order chi connectivity index (χ1) is 7.75. The molecule has 0 fully saturated rings. The van der Waals surface area contributed by atoms with Crippen LogP contribution in [0.4, 0.5) is 11.4 Å². The van der Waals surface area contributed by atoms with E-state index in [1.165, 1.54) is 18.2 Å². The van der Waals surface area contributed by atoms with Crippen molar-refractivity contribution in [3.8, 4) is 11.5 Å². The number of hydrogen-bond acceptors (Lipinski definition) is 4. The van der Waals surface area contributed by atoms with Gasteiger partial charge in [-0.15, -0.1) is 5.11 Å². The number of phenolic OH excluding ortho intramolecular Hbond substituents is 2. The number of aromatic hydroxyl groups is 2. The maximum Gasteiger partial charge on any atom is 0.143 e. The van der Waals surface area contributed by atoms with Crippen molar-refractivity contribution >= 4 is 11.4 Å². The van der Waals surface area contributed by atoms with Crippen LogP contribution in [0.2, 0.25) is 0 Å². The van der Waals surface area contributed by atoms with E-state index in [0.717, 1.165) is 0 Å². The van der Waals surface area contributed by atoms with E-state index in [0.29, 0.717) is 5.69 Å². The van der Waals surface area contributed by atoms with Crippen molar-refractivity contribution in [3.63, 3.8) is 0 Å². The summed E-state index contributed by atoms with van der Waals surface area (Å²) >= 11 is 0. The molecule has 0 spiro atoms. The lowest BCUT2D eigenvalue weighted by Gasteiger charge is -1.98. The van der Waals surface area contributed by atoms with Crippen molar-refractivity contribution < 1.29 is 10.2 Å². The van der Waals surface area contributed by atoms with Crippen molar-refractivity contribution in [1.82, 2.24) is 0 Å². The van der Waals surface area contributed by atoms with Crippen LogP contribution in [0.25, 0.3) is 0 Å². The molecule has 4 heteroatoms. The number of rotatable bonds is 2. The minimum Gasteiger partial charge on any atom is -0.508 e. The summed E-state index contributed by atoms with van der Waals surface area (Å²) in [6, 6.07) is 13.3. The molecule has 0 saturated carbocycles. The summed E-state index contributed by atoms with van der Waals surface area (Å²) in [5.74, 6) is 0.0253. The van der Waals surface area contributed by atoms with E-state index in [2.05, 4.69) is 10.2 Å². The van der Waals surface area contributed by atoms with Gasteiger partial charge >= 0.3 is 0 Å². The Morgan fingerprint density at radius 3 is 2.31 bits per heavy atom. The molecule has 0 bridgehead atoms. The lowest BCUT2D eigenvalue weighted by Crippen LogP contribution is -1.68. The average molecular weight is 214 g/mol. The summed E-state index contributed by atoms with van der Waals surface area (Å²) in [6.45, 7) is 0. The van der Waals surface area contributed by atoms with Crippen LogP contribution in [-0.4, -0.2) is 10.2 Å². The third kappa shape index (κ3) is 2.36. The molecule has 4 nitrogen and oxygen atoms in total. The molecule has 0 unspecified atom stereocenters. The minimum atomic E-state index is -0.0162. The molecule has 2 aromatic rings. The van der Waals surface area contributed by atoms with Crippen LogP contribution in [0.1, 0.15) is 0 Å². The topological polar surface area (TPSA) is 65.2 Å². The van der Waals surface area contributed by atoms with Crippen LogP contribution in [0, 0.1) is 0 Å². The molecule has 0 aliphatic carbocycles. The Balaban J connectivity index is 2.27. The van der Waals surface area contributed by atoms with Gasteiger partial charge in [0.2, 0.25) is 0 Å². The zero-order valence-corrected chi connectivity index (χ0v) is 8.41. The fraction of sp³-hybridized carbons (Fsp3) is 0. The number of nitrogens with zero attached hydrogens (tertiary/aromatic N) is 2. The molecule has 0 aromatic heterocycles. The summed E-state index contributed by atoms with van der Waals surface area (Å²) in [7, 11) is 0. The third-order valence-corrected chi connectivity index (χ3v) is 1.99. The second-order valence-corrected chi connectivity index (χ2v) is 3.21. The maximum absolute atomic E-state index is 9.45. The first-order valence-corrected chi connectivity index (χ1v) is 4.74. The highest BCUT2D eigenvalue weighted by Gasteiger charge is 2.00. The molecule has 0 aliphatic rings. The van der Waals surface area contributed by atoms with E-state index in [1.807, 2.05) is 18.2 Å². The SMILES string of the molecule is Oc1ccc(O)c(N=Nc2ccccc2)c1. The standard InChI is InChI=1S/C12H10N2O2/c15-10-6-7-12(16)11(8-10)14-13-9-4-2-1-3-5-9/h1-8,15-16H. The van der Waals surface area contributed by atoms with Gasteiger partial charge in [0.05, 0.1) is 5.69 Å². The zero-order valence-electron chi connectivity index (χ0n) is 8.41. The molecule has 16 heavy (non-hydrogen) atoms. The lowest BCUT2D eigenvalue weighted by atomic mass is 10.3. The van der Waals surface area contributed by atoms with Gasteiger partial charge < -0.3 is 10.2 Å². The van der Waals surface area contributed by atoms with E-state index < -0.39 is 0 Å². The first-order valence-electron chi connectivity index (χ1n) is 4.74. The monoisotopic (exact) mass is 214 g/mol. The largest absolute Gasteiger partial charge is 0.508 e. The Morgan fingerprint density at radius 1 is 0.812 bits per heavy atom. The summed E-state index contributed by atoms with van der Waals surface area (Å²) < 4.78 is 0. The van der Waals surface area contributed by atoms with E-state index in [4.69, 9.17) is 0 Å². The van der Waals surface area contributed by atoms with Crippen LogP contribution >= 0.6 is 0 Å². The van der Waals surface area contributed by atoms with Gasteiger partial charge in [0.1, 0.15) is 17.2 Å². The second-order valence-electron chi connectivity index (χ2n) is 3.21. The van der Waals surface area contributed by atoms with Crippen molar-refractivity contribution in [2.24, 2.45) is 10.2 Å². The lowest BCUT2D eigenvalue weighted by molar-refractivity contribution is 0.461. The molecule has 0 saturated heterocycles. The quantitative estimate of drug-likeness (QED) is 0.593. The number of phenols is 2. The van der Waals surface area contributed by atoms with Crippen LogP contribution in [-0.2, 0) is 0 Å². The molecule has 0 amide bonds. The molecule has 80 valence electrons. The maximum atomic E-state index is 9.45. The second kappa shape index (κ2) is 4.44. The van der Waals surface area contributed by atoms with E-state index >= 15 is 0 Å². The molecule has 0 heterocycles. The zero-order chi connectivity index (χ0) is 11.4. The number of benzene rings is 2. The van der Waals surface area contributed by atoms with Gasteiger partial charge in [-0.05, 0) is 24.3 Å². The predicted molar refractivity (Wildman–Crippen MR) is 60.4 cm³/mol.